The van der Waals surface area contributed by atoms with Crippen LogP contribution in [0.25, 0.3) is 0 Å². The van der Waals surface area contributed by atoms with Crippen molar-refractivity contribution in [1.29, 1.82) is 0 Å². The van der Waals surface area contributed by atoms with Crippen LogP contribution in [0.2, 0.25) is 0 Å². The fourth-order valence-electron chi connectivity index (χ4n) is 2.14. The smallest absolute Gasteiger partial charge is 0.0245 e. The molecule has 0 spiro atoms. The maximum atomic E-state index is 3.40. The highest BCUT2D eigenvalue weighted by molar-refractivity contribution is 5.07. The third-order valence-electron chi connectivity index (χ3n) is 2.85. The molecule has 1 aromatic rings. The Morgan fingerprint density at radius 2 is 2.50 bits per heavy atom. The van der Waals surface area contributed by atoms with Crippen molar-refractivity contribution in [3.8, 4) is 0 Å². The molecule has 1 aliphatic heterocycles. The molecule has 0 radical (unpaired) electrons. The first-order valence-corrected chi connectivity index (χ1v) is 5.35. The number of H-pyrrole nitrogens is 1. The summed E-state index contributed by atoms with van der Waals surface area (Å²) in [6.07, 6.45) is 5.39. The number of nitrogens with zero attached hydrogens (tertiary/aromatic N) is 1. The van der Waals surface area contributed by atoms with E-state index in [-0.39, 0.29) is 0 Å². The Bertz CT molecular complexity index is 250. The van der Waals surface area contributed by atoms with Crippen LogP contribution in [0.15, 0.2) is 18.5 Å². The molecule has 1 fully saturated rings. The average Bonchev–Trinajstić information content (AvgIpc) is 2.76. The summed E-state index contributed by atoms with van der Waals surface area (Å²) in [5, 5.41) is 3.40. The monoisotopic (exact) mass is 193 g/mol. The minimum Gasteiger partial charge on any atom is -0.367 e. The van der Waals surface area contributed by atoms with Crippen molar-refractivity contribution in [2.75, 3.05) is 26.7 Å². The fourth-order valence-corrected chi connectivity index (χ4v) is 2.14. The standard InChI is InChI=1S/C11H19N3/c1-14(8-10-2-4-12-6-10)9-11-3-5-13-7-11/h2,4,6,11-13H,3,5,7-9H2,1H3. The molecule has 0 bridgehead atoms. The highest BCUT2D eigenvalue weighted by Gasteiger charge is 2.16. The van der Waals surface area contributed by atoms with Crippen molar-refractivity contribution in [3.63, 3.8) is 0 Å². The van der Waals surface area contributed by atoms with E-state index in [0.29, 0.717) is 0 Å². The number of rotatable bonds is 4. The minimum absolute atomic E-state index is 0.846. The molecule has 2 N–H and O–H groups in total. The predicted octanol–water partition coefficient (Wildman–Crippen LogP) is 1.06. The molecule has 0 saturated carbocycles. The van der Waals surface area contributed by atoms with E-state index in [9.17, 15) is 0 Å². The van der Waals surface area contributed by atoms with Gasteiger partial charge < -0.3 is 15.2 Å². The van der Waals surface area contributed by atoms with Crippen LogP contribution in [0.1, 0.15) is 12.0 Å². The summed E-state index contributed by atoms with van der Waals surface area (Å²) in [4.78, 5) is 5.49. The Morgan fingerprint density at radius 3 is 3.14 bits per heavy atom. The molecular formula is C11H19N3. The molecule has 1 aliphatic rings. The summed E-state index contributed by atoms with van der Waals surface area (Å²) >= 11 is 0. The summed E-state index contributed by atoms with van der Waals surface area (Å²) in [7, 11) is 2.20. The first kappa shape index (κ1) is 9.74. The third-order valence-corrected chi connectivity index (χ3v) is 2.85. The van der Waals surface area contributed by atoms with E-state index in [1.807, 2.05) is 6.20 Å². The molecule has 1 saturated heterocycles. The van der Waals surface area contributed by atoms with Gasteiger partial charge in [0.05, 0.1) is 0 Å². The van der Waals surface area contributed by atoms with Gasteiger partial charge in [-0.05, 0) is 44.1 Å². The SMILES string of the molecule is CN(Cc1cc[nH]c1)CC1CCNC1. The maximum Gasteiger partial charge on any atom is 0.0245 e. The molecular weight excluding hydrogens is 174 g/mol. The normalized spacial score (nSPS) is 22.0. The number of aromatic nitrogens is 1. The van der Waals surface area contributed by atoms with Gasteiger partial charge in [0.25, 0.3) is 0 Å². The van der Waals surface area contributed by atoms with Crippen molar-refractivity contribution < 1.29 is 0 Å². The largest absolute Gasteiger partial charge is 0.367 e. The number of hydrogen-bond acceptors (Lipinski definition) is 2. The van der Waals surface area contributed by atoms with E-state index >= 15 is 0 Å². The number of aromatic amines is 1. The zero-order valence-electron chi connectivity index (χ0n) is 8.79. The molecule has 3 nitrogen and oxygen atoms in total. The van der Waals surface area contributed by atoms with Crippen LogP contribution < -0.4 is 5.32 Å². The van der Waals surface area contributed by atoms with Crippen LogP contribution in [-0.4, -0.2) is 36.6 Å². The highest BCUT2D eigenvalue weighted by Crippen LogP contribution is 2.10. The molecule has 78 valence electrons. The van der Waals surface area contributed by atoms with E-state index in [1.165, 1.54) is 31.6 Å². The second-order valence-corrected chi connectivity index (χ2v) is 4.27. The van der Waals surface area contributed by atoms with Gasteiger partial charge >= 0.3 is 0 Å². The van der Waals surface area contributed by atoms with Crippen molar-refractivity contribution in [3.05, 3.63) is 24.0 Å². The van der Waals surface area contributed by atoms with Crippen LogP contribution in [0.5, 0.6) is 0 Å². The van der Waals surface area contributed by atoms with E-state index in [0.717, 1.165) is 12.5 Å². The second-order valence-electron chi connectivity index (χ2n) is 4.27. The zero-order chi connectivity index (χ0) is 9.80. The van der Waals surface area contributed by atoms with Crippen LogP contribution in [0.3, 0.4) is 0 Å². The van der Waals surface area contributed by atoms with Crippen molar-refractivity contribution in [2.45, 2.75) is 13.0 Å². The maximum absolute atomic E-state index is 3.40. The lowest BCUT2D eigenvalue weighted by Crippen LogP contribution is -2.26. The van der Waals surface area contributed by atoms with Crippen LogP contribution >= 0.6 is 0 Å². The summed E-state index contributed by atoms with van der Waals surface area (Å²) in [5.41, 5.74) is 1.37. The molecule has 1 atom stereocenters. The Hall–Kier alpha value is -0.800. The predicted molar refractivity (Wildman–Crippen MR) is 58.1 cm³/mol. The van der Waals surface area contributed by atoms with Crippen LogP contribution in [-0.2, 0) is 6.54 Å². The Morgan fingerprint density at radius 1 is 1.57 bits per heavy atom. The molecule has 2 heterocycles. The number of hydrogen-bond donors (Lipinski definition) is 2. The second kappa shape index (κ2) is 4.62. The quantitative estimate of drug-likeness (QED) is 0.749. The first-order valence-electron chi connectivity index (χ1n) is 5.35. The van der Waals surface area contributed by atoms with Gasteiger partial charge in [-0.3, -0.25) is 0 Å². The molecule has 0 aromatic carbocycles. The van der Waals surface area contributed by atoms with Gasteiger partial charge in [-0.2, -0.15) is 0 Å². The van der Waals surface area contributed by atoms with Crippen molar-refractivity contribution >= 4 is 0 Å². The van der Waals surface area contributed by atoms with Crippen LogP contribution in [0.4, 0.5) is 0 Å². The zero-order valence-corrected chi connectivity index (χ0v) is 8.79. The van der Waals surface area contributed by atoms with E-state index in [4.69, 9.17) is 0 Å². The van der Waals surface area contributed by atoms with Gasteiger partial charge in [0.15, 0.2) is 0 Å². The highest BCUT2D eigenvalue weighted by atomic mass is 15.1. The average molecular weight is 193 g/mol. The lowest BCUT2D eigenvalue weighted by Gasteiger charge is -2.19. The van der Waals surface area contributed by atoms with Gasteiger partial charge in [-0.25, -0.2) is 0 Å². The molecule has 1 unspecified atom stereocenters. The lowest BCUT2D eigenvalue weighted by atomic mass is 10.1. The van der Waals surface area contributed by atoms with E-state index in [1.54, 1.807) is 0 Å². The molecule has 14 heavy (non-hydrogen) atoms. The summed E-state index contributed by atoms with van der Waals surface area (Å²) in [5.74, 6) is 0.846. The van der Waals surface area contributed by atoms with Crippen LogP contribution in [0, 0.1) is 5.92 Å². The van der Waals surface area contributed by atoms with Gasteiger partial charge in [-0.1, -0.05) is 0 Å². The summed E-state index contributed by atoms with van der Waals surface area (Å²) < 4.78 is 0. The minimum atomic E-state index is 0.846. The number of nitrogens with one attached hydrogen (secondary N) is 2. The lowest BCUT2D eigenvalue weighted by molar-refractivity contribution is 0.278. The molecule has 0 amide bonds. The molecule has 1 aromatic heterocycles. The van der Waals surface area contributed by atoms with E-state index < -0.39 is 0 Å². The molecule has 3 heteroatoms. The first-order chi connectivity index (χ1) is 6.84. The van der Waals surface area contributed by atoms with Gasteiger partial charge in [0.1, 0.15) is 0 Å². The summed E-state index contributed by atoms with van der Waals surface area (Å²) in [6.45, 7) is 4.65. The molecule has 2 rings (SSSR count). The molecule has 0 aliphatic carbocycles. The van der Waals surface area contributed by atoms with Crippen molar-refractivity contribution in [1.82, 2.24) is 15.2 Å². The van der Waals surface area contributed by atoms with E-state index in [2.05, 4.69) is 34.5 Å². The van der Waals surface area contributed by atoms with Crippen molar-refractivity contribution in [2.24, 2.45) is 5.92 Å². The third kappa shape index (κ3) is 2.59. The van der Waals surface area contributed by atoms with Gasteiger partial charge in [-0.15, -0.1) is 0 Å². The Labute approximate surface area is 85.5 Å². The Balaban J connectivity index is 1.75. The fraction of sp³-hybridized carbons (Fsp3) is 0.636. The van der Waals surface area contributed by atoms with Gasteiger partial charge in [0, 0.05) is 25.5 Å². The topological polar surface area (TPSA) is 31.1 Å². The Kier molecular flexibility index (Phi) is 3.22. The summed E-state index contributed by atoms with van der Waals surface area (Å²) in [6, 6.07) is 2.14. The van der Waals surface area contributed by atoms with Gasteiger partial charge in [0.2, 0.25) is 0 Å².